The fraction of sp³-hybridized carbons (Fsp3) is 0.583. The lowest BCUT2D eigenvalue weighted by Crippen LogP contribution is -2.20. The van der Waals surface area contributed by atoms with Gasteiger partial charge in [0.05, 0.1) is 0 Å². The van der Waals surface area contributed by atoms with Crippen LogP contribution in [-0.2, 0) is 0 Å². The van der Waals surface area contributed by atoms with E-state index in [0.29, 0.717) is 5.92 Å². The molecule has 2 nitrogen and oxygen atoms in total. The molecule has 14 heavy (non-hydrogen) atoms. The maximum absolute atomic E-state index is 6.24. The normalized spacial score (nSPS) is 36.5. The third-order valence-electron chi connectivity index (χ3n) is 3.86. The Morgan fingerprint density at radius 3 is 2.71 bits per heavy atom. The number of hydrogen-bond acceptors (Lipinski definition) is 2. The quantitative estimate of drug-likeness (QED) is 0.772. The van der Waals surface area contributed by atoms with Gasteiger partial charge in [-0.3, -0.25) is 4.98 Å². The Morgan fingerprint density at radius 2 is 2.07 bits per heavy atom. The first kappa shape index (κ1) is 8.42. The molecular weight excluding hydrogens is 172 g/mol. The van der Waals surface area contributed by atoms with Crippen molar-refractivity contribution in [3.05, 3.63) is 30.1 Å². The van der Waals surface area contributed by atoms with E-state index < -0.39 is 0 Å². The molecule has 0 amide bonds. The first-order valence-electron chi connectivity index (χ1n) is 5.50. The van der Waals surface area contributed by atoms with Crippen molar-refractivity contribution in [1.82, 2.24) is 4.98 Å². The monoisotopic (exact) mass is 188 g/mol. The number of nitrogens with two attached hydrogens (primary N) is 1. The van der Waals surface area contributed by atoms with Gasteiger partial charge in [-0.05, 0) is 48.6 Å². The smallest absolute Gasteiger partial charge is 0.0339 e. The van der Waals surface area contributed by atoms with Crippen LogP contribution >= 0.6 is 0 Å². The minimum Gasteiger partial charge on any atom is -0.324 e. The molecule has 1 aromatic rings. The SMILES string of the molecule is NC(c1cccnc1)C1CC2CC2C1. The van der Waals surface area contributed by atoms with Crippen molar-refractivity contribution in [2.24, 2.45) is 23.5 Å². The van der Waals surface area contributed by atoms with Gasteiger partial charge in [-0.2, -0.15) is 0 Å². The van der Waals surface area contributed by atoms with Crippen LogP contribution in [-0.4, -0.2) is 4.98 Å². The lowest BCUT2D eigenvalue weighted by molar-refractivity contribution is 0.403. The van der Waals surface area contributed by atoms with Gasteiger partial charge in [-0.25, -0.2) is 0 Å². The van der Waals surface area contributed by atoms with Crippen molar-refractivity contribution in [2.45, 2.75) is 25.3 Å². The third kappa shape index (κ3) is 1.34. The molecule has 0 aromatic carbocycles. The molecule has 2 N–H and O–H groups in total. The molecule has 2 aliphatic carbocycles. The highest BCUT2D eigenvalue weighted by atomic mass is 14.7. The van der Waals surface area contributed by atoms with Crippen LogP contribution in [0.2, 0.25) is 0 Å². The van der Waals surface area contributed by atoms with Gasteiger partial charge >= 0.3 is 0 Å². The fourth-order valence-electron chi connectivity index (χ4n) is 2.90. The average molecular weight is 188 g/mol. The van der Waals surface area contributed by atoms with E-state index in [9.17, 15) is 0 Å². The van der Waals surface area contributed by atoms with Crippen LogP contribution in [0, 0.1) is 17.8 Å². The average Bonchev–Trinajstić information content (AvgIpc) is 2.86. The van der Waals surface area contributed by atoms with Crippen molar-refractivity contribution in [1.29, 1.82) is 0 Å². The highest BCUT2D eigenvalue weighted by Crippen LogP contribution is 2.56. The first-order valence-corrected chi connectivity index (χ1v) is 5.50. The summed E-state index contributed by atoms with van der Waals surface area (Å²) in [5, 5.41) is 0. The summed E-state index contributed by atoms with van der Waals surface area (Å²) in [5.74, 6) is 2.74. The zero-order chi connectivity index (χ0) is 9.54. The largest absolute Gasteiger partial charge is 0.324 e. The molecule has 2 saturated carbocycles. The Labute approximate surface area is 84.5 Å². The van der Waals surface area contributed by atoms with E-state index in [0.717, 1.165) is 11.8 Å². The molecule has 0 saturated heterocycles. The van der Waals surface area contributed by atoms with E-state index in [2.05, 4.69) is 11.1 Å². The van der Waals surface area contributed by atoms with Gasteiger partial charge in [0.1, 0.15) is 0 Å². The van der Waals surface area contributed by atoms with Crippen LogP contribution in [0.1, 0.15) is 30.9 Å². The van der Waals surface area contributed by atoms with Crippen LogP contribution < -0.4 is 5.73 Å². The zero-order valence-corrected chi connectivity index (χ0v) is 8.26. The Morgan fingerprint density at radius 1 is 1.29 bits per heavy atom. The topological polar surface area (TPSA) is 38.9 Å². The third-order valence-corrected chi connectivity index (χ3v) is 3.86. The van der Waals surface area contributed by atoms with E-state index in [-0.39, 0.29) is 6.04 Å². The molecule has 0 bridgehead atoms. The fourth-order valence-corrected chi connectivity index (χ4v) is 2.90. The van der Waals surface area contributed by atoms with E-state index in [4.69, 9.17) is 5.73 Å². The van der Waals surface area contributed by atoms with Gasteiger partial charge in [0.25, 0.3) is 0 Å². The van der Waals surface area contributed by atoms with Crippen molar-refractivity contribution in [2.75, 3.05) is 0 Å². The van der Waals surface area contributed by atoms with Crippen molar-refractivity contribution in [3.63, 3.8) is 0 Å². The second-order valence-electron chi connectivity index (χ2n) is 4.80. The number of hydrogen-bond donors (Lipinski definition) is 1. The molecule has 1 heterocycles. The minimum absolute atomic E-state index is 0.219. The van der Waals surface area contributed by atoms with Gasteiger partial charge in [0.2, 0.25) is 0 Å². The number of fused-ring (bicyclic) bond motifs is 1. The number of nitrogens with zero attached hydrogens (tertiary/aromatic N) is 1. The molecule has 0 radical (unpaired) electrons. The van der Waals surface area contributed by atoms with Gasteiger partial charge in [0.15, 0.2) is 0 Å². The summed E-state index contributed by atoms with van der Waals surface area (Å²) in [4.78, 5) is 4.13. The minimum atomic E-state index is 0.219. The Balaban J connectivity index is 1.73. The summed E-state index contributed by atoms with van der Waals surface area (Å²) in [5.41, 5.74) is 7.45. The number of pyridine rings is 1. The van der Waals surface area contributed by atoms with Crippen molar-refractivity contribution >= 4 is 0 Å². The summed E-state index contributed by atoms with van der Waals surface area (Å²) in [6.45, 7) is 0. The van der Waals surface area contributed by atoms with E-state index >= 15 is 0 Å². The second kappa shape index (κ2) is 3.06. The number of aromatic nitrogens is 1. The molecule has 0 spiro atoms. The van der Waals surface area contributed by atoms with Gasteiger partial charge in [-0.15, -0.1) is 0 Å². The summed E-state index contributed by atoms with van der Waals surface area (Å²) >= 11 is 0. The summed E-state index contributed by atoms with van der Waals surface area (Å²) in [7, 11) is 0. The van der Waals surface area contributed by atoms with E-state index in [1.165, 1.54) is 24.8 Å². The van der Waals surface area contributed by atoms with Crippen LogP contribution in [0.15, 0.2) is 24.5 Å². The Hall–Kier alpha value is -0.890. The molecule has 2 aliphatic rings. The maximum atomic E-state index is 6.24. The van der Waals surface area contributed by atoms with Crippen LogP contribution in [0.5, 0.6) is 0 Å². The molecule has 0 aliphatic heterocycles. The van der Waals surface area contributed by atoms with E-state index in [1.54, 1.807) is 0 Å². The Kier molecular flexibility index (Phi) is 1.84. The second-order valence-corrected chi connectivity index (χ2v) is 4.80. The Bertz CT molecular complexity index is 312. The van der Waals surface area contributed by atoms with Crippen molar-refractivity contribution < 1.29 is 0 Å². The molecule has 3 unspecified atom stereocenters. The maximum Gasteiger partial charge on any atom is 0.0339 e. The van der Waals surface area contributed by atoms with Crippen molar-refractivity contribution in [3.8, 4) is 0 Å². The summed E-state index contributed by atoms with van der Waals surface area (Å²) in [6, 6.07) is 4.29. The molecule has 1 aromatic heterocycles. The molecule has 74 valence electrons. The van der Waals surface area contributed by atoms with Gasteiger partial charge < -0.3 is 5.73 Å². The lowest BCUT2D eigenvalue weighted by Gasteiger charge is -2.20. The lowest BCUT2D eigenvalue weighted by atomic mass is 9.91. The van der Waals surface area contributed by atoms with Crippen LogP contribution in [0.3, 0.4) is 0 Å². The highest BCUT2D eigenvalue weighted by molar-refractivity contribution is 5.16. The highest BCUT2D eigenvalue weighted by Gasteiger charge is 2.47. The molecule has 2 heteroatoms. The number of rotatable bonds is 2. The molecule has 3 atom stereocenters. The standard InChI is InChI=1S/C12H16N2/c13-12(8-2-1-3-14-7-8)11-5-9-4-10(9)6-11/h1-3,7,9-12H,4-6,13H2. The summed E-state index contributed by atoms with van der Waals surface area (Å²) in [6.07, 6.45) is 7.88. The predicted octanol–water partition coefficient (Wildman–Crippen LogP) is 2.13. The summed E-state index contributed by atoms with van der Waals surface area (Å²) < 4.78 is 0. The molecular formula is C12H16N2. The predicted molar refractivity (Wildman–Crippen MR) is 55.5 cm³/mol. The first-order chi connectivity index (χ1) is 6.84. The molecule has 3 rings (SSSR count). The molecule has 2 fully saturated rings. The zero-order valence-electron chi connectivity index (χ0n) is 8.26. The van der Waals surface area contributed by atoms with Gasteiger partial charge in [0, 0.05) is 18.4 Å². The van der Waals surface area contributed by atoms with Gasteiger partial charge in [-0.1, -0.05) is 6.07 Å². The van der Waals surface area contributed by atoms with E-state index in [1.807, 2.05) is 18.5 Å². The van der Waals surface area contributed by atoms with Crippen LogP contribution in [0.25, 0.3) is 0 Å². The van der Waals surface area contributed by atoms with Crippen LogP contribution in [0.4, 0.5) is 0 Å².